The molecule has 5 rings (SSSR count). The SMILES string of the molecule is CN(CC(CCN1CCC2(CC1)COc1ccc(F)cc12)c1ccc(Cl)c(Cl)c1)C(=O)c1ccccc1. The normalized spacial score (nSPS) is 17.3. The van der Waals surface area contributed by atoms with Gasteiger partial charge in [-0.15, -0.1) is 0 Å². The van der Waals surface area contributed by atoms with Crippen molar-refractivity contribution in [2.45, 2.75) is 30.6 Å². The van der Waals surface area contributed by atoms with Crippen molar-refractivity contribution in [2.24, 2.45) is 0 Å². The summed E-state index contributed by atoms with van der Waals surface area (Å²) in [6.07, 6.45) is 2.75. The Bertz CT molecular complexity index is 1260. The number of fused-ring (bicyclic) bond motifs is 2. The largest absolute Gasteiger partial charge is 0.492 e. The van der Waals surface area contributed by atoms with E-state index in [1.54, 1.807) is 17.0 Å². The van der Waals surface area contributed by atoms with Gasteiger partial charge in [-0.2, -0.15) is 0 Å². The van der Waals surface area contributed by atoms with Crippen LogP contribution >= 0.6 is 23.2 Å². The number of ether oxygens (including phenoxy) is 1. The van der Waals surface area contributed by atoms with Crippen LogP contribution in [-0.2, 0) is 5.41 Å². The zero-order valence-corrected chi connectivity index (χ0v) is 22.4. The first kappa shape index (κ1) is 26.0. The molecule has 3 aromatic carbocycles. The van der Waals surface area contributed by atoms with Crippen molar-refractivity contribution in [2.75, 3.05) is 39.8 Å². The summed E-state index contributed by atoms with van der Waals surface area (Å²) in [6.45, 7) is 3.94. The monoisotopic (exact) mass is 540 g/mol. The van der Waals surface area contributed by atoms with Gasteiger partial charge in [0.2, 0.25) is 0 Å². The van der Waals surface area contributed by atoms with Crippen LogP contribution in [0.3, 0.4) is 0 Å². The third kappa shape index (κ3) is 5.64. The lowest BCUT2D eigenvalue weighted by Crippen LogP contribution is -2.44. The molecule has 0 N–H and O–H groups in total. The van der Waals surface area contributed by atoms with Crippen LogP contribution in [0, 0.1) is 5.82 Å². The Morgan fingerprint density at radius 3 is 2.54 bits per heavy atom. The maximum atomic E-state index is 14.0. The molecule has 2 aliphatic heterocycles. The van der Waals surface area contributed by atoms with Gasteiger partial charge in [0.15, 0.2) is 0 Å². The maximum absolute atomic E-state index is 14.0. The number of hydrogen-bond donors (Lipinski definition) is 0. The van der Waals surface area contributed by atoms with Crippen LogP contribution in [-0.4, -0.2) is 55.5 Å². The van der Waals surface area contributed by atoms with E-state index in [0.717, 1.165) is 55.8 Å². The highest BCUT2D eigenvalue weighted by Crippen LogP contribution is 2.45. The van der Waals surface area contributed by atoms with Crippen molar-refractivity contribution >= 4 is 29.1 Å². The van der Waals surface area contributed by atoms with Gasteiger partial charge in [0.25, 0.3) is 5.91 Å². The number of halogens is 3. The van der Waals surface area contributed by atoms with Crippen molar-refractivity contribution in [1.82, 2.24) is 9.80 Å². The van der Waals surface area contributed by atoms with Crippen LogP contribution in [0.4, 0.5) is 4.39 Å². The maximum Gasteiger partial charge on any atom is 0.253 e. The lowest BCUT2D eigenvalue weighted by atomic mass is 9.74. The van der Waals surface area contributed by atoms with E-state index in [-0.39, 0.29) is 23.1 Å². The van der Waals surface area contributed by atoms with E-state index < -0.39 is 0 Å². The molecule has 1 unspecified atom stereocenters. The molecule has 2 heterocycles. The Balaban J connectivity index is 1.26. The fraction of sp³-hybridized carbons (Fsp3) is 0.367. The number of rotatable bonds is 7. The number of carbonyl (C=O) groups is 1. The Morgan fingerprint density at radius 2 is 1.81 bits per heavy atom. The van der Waals surface area contributed by atoms with Gasteiger partial charge < -0.3 is 14.5 Å². The van der Waals surface area contributed by atoms with E-state index in [4.69, 9.17) is 27.9 Å². The van der Waals surface area contributed by atoms with E-state index in [9.17, 15) is 9.18 Å². The number of hydrogen-bond acceptors (Lipinski definition) is 3. The quantitative estimate of drug-likeness (QED) is 0.330. The van der Waals surface area contributed by atoms with Crippen LogP contribution in [0.25, 0.3) is 0 Å². The summed E-state index contributed by atoms with van der Waals surface area (Å²) in [5, 5.41) is 1.04. The second-order valence-corrected chi connectivity index (χ2v) is 11.1. The van der Waals surface area contributed by atoms with Crippen molar-refractivity contribution in [3.63, 3.8) is 0 Å². The van der Waals surface area contributed by atoms with Crippen LogP contribution in [0.1, 0.15) is 46.7 Å². The highest BCUT2D eigenvalue weighted by molar-refractivity contribution is 6.42. The number of likely N-dealkylation sites (N-methyl/N-ethyl adjacent to an activating group) is 1. The molecule has 3 aromatic rings. The van der Waals surface area contributed by atoms with E-state index in [1.165, 1.54) is 6.07 Å². The average molecular weight is 541 g/mol. The fourth-order valence-corrected chi connectivity index (χ4v) is 5.94. The highest BCUT2D eigenvalue weighted by Gasteiger charge is 2.43. The number of nitrogens with zero attached hydrogens (tertiary/aromatic N) is 2. The molecule has 0 aliphatic carbocycles. The Hall–Kier alpha value is -2.60. The molecule has 1 spiro atoms. The summed E-state index contributed by atoms with van der Waals surface area (Å²) < 4.78 is 19.9. The predicted octanol–water partition coefficient (Wildman–Crippen LogP) is 6.80. The first-order chi connectivity index (χ1) is 17.8. The van der Waals surface area contributed by atoms with Crippen LogP contribution in [0.2, 0.25) is 10.0 Å². The highest BCUT2D eigenvalue weighted by atomic mass is 35.5. The van der Waals surface area contributed by atoms with Gasteiger partial charge in [-0.3, -0.25) is 4.79 Å². The molecular weight excluding hydrogens is 510 g/mol. The third-order valence-electron chi connectivity index (χ3n) is 7.90. The van der Waals surface area contributed by atoms with Crippen molar-refractivity contribution in [1.29, 1.82) is 0 Å². The summed E-state index contributed by atoms with van der Waals surface area (Å²) in [7, 11) is 1.85. The first-order valence-electron chi connectivity index (χ1n) is 12.8. The number of likely N-dealkylation sites (tertiary alicyclic amines) is 1. The van der Waals surface area contributed by atoms with Gasteiger partial charge in [-0.05, 0) is 86.9 Å². The molecule has 0 saturated carbocycles. The van der Waals surface area contributed by atoms with E-state index in [2.05, 4.69) is 4.90 Å². The molecule has 194 valence electrons. The molecule has 0 radical (unpaired) electrons. The molecular formula is C30H31Cl2FN2O2. The number of amides is 1. The minimum absolute atomic E-state index is 0.00212. The average Bonchev–Trinajstić information content (AvgIpc) is 3.26. The summed E-state index contributed by atoms with van der Waals surface area (Å²) >= 11 is 12.5. The summed E-state index contributed by atoms with van der Waals surface area (Å²) in [4.78, 5) is 17.3. The third-order valence-corrected chi connectivity index (χ3v) is 8.64. The molecule has 1 atom stereocenters. The smallest absolute Gasteiger partial charge is 0.253 e. The molecule has 37 heavy (non-hydrogen) atoms. The Labute approximate surface area is 227 Å². The molecule has 0 bridgehead atoms. The summed E-state index contributed by atoms with van der Waals surface area (Å²) in [5.41, 5.74) is 2.67. The molecule has 1 amide bonds. The minimum Gasteiger partial charge on any atom is -0.492 e. The fourth-order valence-electron chi connectivity index (χ4n) is 5.64. The second kappa shape index (κ2) is 11.0. The molecule has 2 aliphatic rings. The van der Waals surface area contributed by atoms with Gasteiger partial charge in [0.05, 0.1) is 16.7 Å². The molecule has 7 heteroatoms. The van der Waals surface area contributed by atoms with E-state index in [0.29, 0.717) is 28.8 Å². The number of benzene rings is 3. The van der Waals surface area contributed by atoms with Gasteiger partial charge in [0, 0.05) is 36.1 Å². The van der Waals surface area contributed by atoms with E-state index >= 15 is 0 Å². The topological polar surface area (TPSA) is 32.8 Å². The van der Waals surface area contributed by atoms with Crippen molar-refractivity contribution < 1.29 is 13.9 Å². The van der Waals surface area contributed by atoms with Gasteiger partial charge in [-0.25, -0.2) is 4.39 Å². The van der Waals surface area contributed by atoms with Crippen LogP contribution in [0.5, 0.6) is 5.75 Å². The van der Waals surface area contributed by atoms with Crippen molar-refractivity contribution in [3.8, 4) is 5.75 Å². The van der Waals surface area contributed by atoms with Gasteiger partial charge >= 0.3 is 0 Å². The number of carbonyl (C=O) groups excluding carboxylic acids is 1. The zero-order chi connectivity index (χ0) is 26.0. The van der Waals surface area contributed by atoms with Gasteiger partial charge in [0.1, 0.15) is 11.6 Å². The summed E-state index contributed by atoms with van der Waals surface area (Å²) in [5.74, 6) is 0.719. The van der Waals surface area contributed by atoms with Crippen LogP contribution < -0.4 is 4.74 Å². The molecule has 1 saturated heterocycles. The molecule has 4 nitrogen and oxygen atoms in total. The second-order valence-electron chi connectivity index (χ2n) is 10.3. The lowest BCUT2D eigenvalue weighted by Gasteiger charge is -2.39. The zero-order valence-electron chi connectivity index (χ0n) is 20.9. The molecule has 0 aromatic heterocycles. The lowest BCUT2D eigenvalue weighted by molar-refractivity contribution is 0.0779. The Morgan fingerprint density at radius 1 is 1.05 bits per heavy atom. The van der Waals surface area contributed by atoms with Crippen molar-refractivity contribution in [3.05, 3.63) is 99.3 Å². The summed E-state index contributed by atoms with van der Waals surface area (Å²) in [6, 6.07) is 20.0. The first-order valence-corrected chi connectivity index (χ1v) is 13.5. The standard InChI is InChI=1S/C30H31Cl2FN2O2/c1-34(29(36)21-5-3-2-4-6-21)19-23(22-7-9-26(31)27(32)17-22)11-14-35-15-12-30(13-16-35)20-37-28-10-8-24(33)18-25(28)30/h2-10,17-18,23H,11-16,19-20H2,1H3. The van der Waals surface area contributed by atoms with Gasteiger partial charge in [-0.1, -0.05) is 47.5 Å². The predicted molar refractivity (Wildman–Crippen MR) is 146 cm³/mol. The van der Waals surface area contributed by atoms with E-state index in [1.807, 2.05) is 55.6 Å². The molecule has 1 fully saturated rings. The van der Waals surface area contributed by atoms with Crippen LogP contribution in [0.15, 0.2) is 66.7 Å². The minimum atomic E-state index is -0.204. The number of piperidine rings is 1. The Kier molecular flexibility index (Phi) is 7.75.